The lowest BCUT2D eigenvalue weighted by atomic mass is 9.99. The van der Waals surface area contributed by atoms with E-state index in [-0.39, 0.29) is 12.3 Å². The van der Waals surface area contributed by atoms with Crippen molar-refractivity contribution in [2.45, 2.75) is 26.2 Å². The molecule has 0 saturated carbocycles. The van der Waals surface area contributed by atoms with Gasteiger partial charge >= 0.3 is 5.97 Å². The van der Waals surface area contributed by atoms with Gasteiger partial charge in [0.1, 0.15) is 0 Å². The Hall–Kier alpha value is -2.62. The Bertz CT molecular complexity index is 651. The van der Waals surface area contributed by atoms with Gasteiger partial charge in [0, 0.05) is 11.8 Å². The molecule has 114 valence electrons. The van der Waals surface area contributed by atoms with Gasteiger partial charge in [0.25, 0.3) is 0 Å². The summed E-state index contributed by atoms with van der Waals surface area (Å²) in [6, 6.07) is 6.80. The highest BCUT2D eigenvalue weighted by Gasteiger charge is 2.03. The van der Waals surface area contributed by atoms with Crippen LogP contribution in [-0.2, 0) is 16.0 Å². The fourth-order valence-corrected chi connectivity index (χ4v) is 2.22. The highest BCUT2D eigenvalue weighted by Crippen LogP contribution is 2.19. The molecule has 22 heavy (non-hydrogen) atoms. The molecule has 0 heterocycles. The fraction of sp³-hybridized carbons (Fsp3) is 0.222. The molecule has 0 fully saturated rings. The molecule has 1 aliphatic carbocycles. The molecular weight excluding hydrogens is 278 g/mol. The minimum atomic E-state index is -0.871. The maximum atomic E-state index is 11.9. The maximum Gasteiger partial charge on any atom is 0.307 e. The third-order valence-corrected chi connectivity index (χ3v) is 3.47. The van der Waals surface area contributed by atoms with Gasteiger partial charge in [-0.05, 0) is 49.1 Å². The monoisotopic (exact) mass is 297 g/mol. The topological polar surface area (TPSA) is 66.4 Å². The fourth-order valence-electron chi connectivity index (χ4n) is 2.22. The molecule has 0 unspecified atom stereocenters. The number of carboxylic acids is 1. The zero-order valence-corrected chi connectivity index (χ0v) is 12.5. The number of carbonyl (C=O) groups is 2. The average molecular weight is 297 g/mol. The van der Waals surface area contributed by atoms with Gasteiger partial charge in [-0.2, -0.15) is 0 Å². The molecule has 2 N–H and O–H groups in total. The number of allylic oxidation sites excluding steroid dienone is 5. The molecule has 0 bridgehead atoms. The number of hydrogen-bond acceptors (Lipinski definition) is 2. The van der Waals surface area contributed by atoms with Crippen LogP contribution >= 0.6 is 0 Å². The molecule has 0 aromatic heterocycles. The lowest BCUT2D eigenvalue weighted by Crippen LogP contribution is -2.08. The Morgan fingerprint density at radius 3 is 2.64 bits per heavy atom. The van der Waals surface area contributed by atoms with Gasteiger partial charge in [-0.1, -0.05) is 29.9 Å². The molecule has 0 spiro atoms. The van der Waals surface area contributed by atoms with E-state index in [2.05, 4.69) is 18.3 Å². The largest absolute Gasteiger partial charge is 0.481 e. The number of benzene rings is 1. The van der Waals surface area contributed by atoms with Crippen LogP contribution in [0, 0.1) is 0 Å². The summed E-state index contributed by atoms with van der Waals surface area (Å²) in [7, 11) is 0. The number of anilines is 1. The van der Waals surface area contributed by atoms with Crippen LogP contribution in [0.2, 0.25) is 0 Å². The highest BCUT2D eigenvalue weighted by atomic mass is 16.4. The Balaban J connectivity index is 1.94. The summed E-state index contributed by atoms with van der Waals surface area (Å²) >= 11 is 0. The number of carbonyl (C=O) groups excluding carboxylic acids is 1. The molecule has 2 rings (SSSR count). The molecule has 0 saturated heterocycles. The van der Waals surface area contributed by atoms with Crippen molar-refractivity contribution in [1.82, 2.24) is 0 Å². The quantitative estimate of drug-likeness (QED) is 0.818. The normalized spacial score (nSPS) is 14.4. The third-order valence-electron chi connectivity index (χ3n) is 3.47. The van der Waals surface area contributed by atoms with E-state index in [1.54, 1.807) is 24.3 Å². The third kappa shape index (κ3) is 4.74. The first-order chi connectivity index (χ1) is 10.5. The Morgan fingerprint density at radius 2 is 2.00 bits per heavy atom. The van der Waals surface area contributed by atoms with Crippen molar-refractivity contribution in [1.29, 1.82) is 0 Å². The van der Waals surface area contributed by atoms with Crippen LogP contribution in [0.15, 0.2) is 59.7 Å². The summed E-state index contributed by atoms with van der Waals surface area (Å²) in [4.78, 5) is 22.5. The van der Waals surface area contributed by atoms with E-state index in [9.17, 15) is 9.59 Å². The van der Waals surface area contributed by atoms with Crippen LogP contribution in [0.25, 0.3) is 0 Å². The van der Waals surface area contributed by atoms with Crippen LogP contribution in [0.1, 0.15) is 25.3 Å². The van der Waals surface area contributed by atoms with Crippen LogP contribution in [-0.4, -0.2) is 17.0 Å². The maximum absolute atomic E-state index is 11.9. The second-order valence-electron chi connectivity index (χ2n) is 5.27. The molecule has 4 nitrogen and oxygen atoms in total. The van der Waals surface area contributed by atoms with Gasteiger partial charge in [-0.25, -0.2) is 0 Å². The summed E-state index contributed by atoms with van der Waals surface area (Å²) in [6.45, 7) is 2.07. The van der Waals surface area contributed by atoms with Crippen LogP contribution in [0.5, 0.6) is 0 Å². The van der Waals surface area contributed by atoms with Gasteiger partial charge in [0.05, 0.1) is 6.42 Å². The number of carboxylic acid groups (broad SMARTS) is 1. The van der Waals surface area contributed by atoms with Crippen molar-refractivity contribution >= 4 is 17.6 Å². The van der Waals surface area contributed by atoms with Crippen molar-refractivity contribution in [3.63, 3.8) is 0 Å². The molecule has 0 atom stereocenters. The number of amides is 1. The lowest BCUT2D eigenvalue weighted by molar-refractivity contribution is -0.136. The first-order valence-corrected chi connectivity index (χ1v) is 7.20. The van der Waals surface area contributed by atoms with Gasteiger partial charge < -0.3 is 10.4 Å². The van der Waals surface area contributed by atoms with E-state index in [1.807, 2.05) is 12.2 Å². The number of hydrogen-bond donors (Lipinski definition) is 2. The average Bonchev–Trinajstić information content (AvgIpc) is 2.48. The molecule has 0 aliphatic heterocycles. The van der Waals surface area contributed by atoms with E-state index in [1.165, 1.54) is 11.6 Å². The van der Waals surface area contributed by atoms with Gasteiger partial charge in [0.2, 0.25) is 5.91 Å². The van der Waals surface area contributed by atoms with Crippen molar-refractivity contribution in [2.75, 3.05) is 5.32 Å². The molecular formula is C18H19NO3. The van der Waals surface area contributed by atoms with Crippen LogP contribution in [0.4, 0.5) is 5.69 Å². The smallest absolute Gasteiger partial charge is 0.307 e. The van der Waals surface area contributed by atoms with E-state index < -0.39 is 5.97 Å². The number of rotatable bonds is 5. The van der Waals surface area contributed by atoms with E-state index in [4.69, 9.17) is 5.11 Å². The minimum absolute atomic E-state index is 0.0199. The summed E-state index contributed by atoms with van der Waals surface area (Å²) in [5.74, 6) is -1.07. The predicted molar refractivity (Wildman–Crippen MR) is 86.6 cm³/mol. The van der Waals surface area contributed by atoms with Gasteiger partial charge in [0.15, 0.2) is 0 Å². The molecule has 4 heteroatoms. The summed E-state index contributed by atoms with van der Waals surface area (Å²) in [5.41, 5.74) is 3.71. The van der Waals surface area contributed by atoms with Crippen LogP contribution < -0.4 is 5.32 Å². The second kappa shape index (κ2) is 7.41. The Labute approximate surface area is 129 Å². The Kier molecular flexibility index (Phi) is 5.31. The van der Waals surface area contributed by atoms with Crippen molar-refractivity contribution < 1.29 is 14.7 Å². The molecule has 1 aliphatic rings. The summed E-state index contributed by atoms with van der Waals surface area (Å²) in [6.07, 6.45) is 9.53. The van der Waals surface area contributed by atoms with E-state index in [0.29, 0.717) is 11.3 Å². The van der Waals surface area contributed by atoms with Crippen molar-refractivity contribution in [2.24, 2.45) is 0 Å². The summed E-state index contributed by atoms with van der Waals surface area (Å²) in [5, 5.41) is 11.5. The number of aliphatic carboxylic acids is 1. The minimum Gasteiger partial charge on any atom is -0.481 e. The molecule has 1 aromatic rings. The van der Waals surface area contributed by atoms with Crippen LogP contribution in [0.3, 0.4) is 0 Å². The molecule has 0 radical (unpaired) electrons. The summed E-state index contributed by atoms with van der Waals surface area (Å²) < 4.78 is 0. The first kappa shape index (κ1) is 15.8. The number of nitrogens with one attached hydrogen (secondary N) is 1. The van der Waals surface area contributed by atoms with Crippen molar-refractivity contribution in [3.8, 4) is 0 Å². The van der Waals surface area contributed by atoms with Gasteiger partial charge in [-0.3, -0.25) is 9.59 Å². The molecule has 1 aromatic carbocycles. The first-order valence-electron chi connectivity index (χ1n) is 7.20. The zero-order valence-electron chi connectivity index (χ0n) is 12.5. The predicted octanol–water partition coefficient (Wildman–Crippen LogP) is 3.47. The SMILES string of the molecule is CC1=C(/C=C/C(=O)Nc2ccc(CC(=O)O)cc2)C=CCC1. The standard InChI is InChI=1S/C18H19NO3/c1-13-4-2-3-5-15(13)8-11-17(20)19-16-9-6-14(7-10-16)12-18(21)22/h3,5-11H,2,4,12H2,1H3,(H,19,20)(H,21,22)/b11-8+. The molecule has 1 amide bonds. The highest BCUT2D eigenvalue weighted by molar-refractivity contribution is 5.99. The zero-order chi connectivity index (χ0) is 15.9. The second-order valence-corrected chi connectivity index (χ2v) is 5.27. The van der Waals surface area contributed by atoms with Gasteiger partial charge in [-0.15, -0.1) is 0 Å². The van der Waals surface area contributed by atoms with E-state index in [0.717, 1.165) is 18.4 Å². The Morgan fingerprint density at radius 1 is 1.27 bits per heavy atom. The lowest BCUT2D eigenvalue weighted by Gasteiger charge is -2.08. The van der Waals surface area contributed by atoms with E-state index >= 15 is 0 Å². The van der Waals surface area contributed by atoms with Crippen molar-refractivity contribution in [3.05, 3.63) is 65.3 Å².